The molecule has 2 heterocycles. The number of amides is 1. The van der Waals surface area contributed by atoms with Gasteiger partial charge >= 0.3 is 0 Å². The molecular weight excluding hydrogens is 418 g/mol. The smallest absolute Gasteiger partial charge is 0.227 e. The van der Waals surface area contributed by atoms with Gasteiger partial charge in [0.25, 0.3) is 0 Å². The molecule has 1 aromatic carbocycles. The van der Waals surface area contributed by atoms with E-state index in [0.29, 0.717) is 29.7 Å². The average molecular weight is 448 g/mol. The van der Waals surface area contributed by atoms with Crippen LogP contribution in [-0.2, 0) is 11.2 Å². The number of benzene rings is 1. The van der Waals surface area contributed by atoms with Crippen molar-refractivity contribution in [3.05, 3.63) is 61.1 Å². The third kappa shape index (κ3) is 3.89. The topological polar surface area (TPSA) is 126 Å². The van der Waals surface area contributed by atoms with Gasteiger partial charge in [0.1, 0.15) is 23.4 Å². The summed E-state index contributed by atoms with van der Waals surface area (Å²) in [7, 11) is 0. The molecule has 0 spiro atoms. The van der Waals surface area contributed by atoms with Gasteiger partial charge in [-0.2, -0.15) is 0 Å². The van der Waals surface area contributed by atoms with Crippen LogP contribution in [0.4, 0.5) is 11.5 Å². The van der Waals surface area contributed by atoms with Gasteiger partial charge in [-0.25, -0.2) is 9.97 Å². The SMILES string of the molecule is C=C[C@@]1(O)[C@H](O)[C@@H](CCc2cccc(NC(=O)C3CC3)c2)C[C@H]1n1ccc2c(N)ncnc21. The standard InChI is InChI=1S/C25H29N5O3/c1-2-25(33)20(30-11-10-19-22(26)27-14-28-23(19)30)13-17(21(25)31)7-6-15-4-3-5-18(12-15)29-24(32)16-8-9-16/h2-5,10-12,14,16-17,20-21,31,33H,1,6-9,13H2,(H,29,32)(H2,26,27,28)/t17-,20+,21+,25-/m0/s1. The molecule has 8 nitrogen and oxygen atoms in total. The van der Waals surface area contributed by atoms with Crippen molar-refractivity contribution in [1.29, 1.82) is 0 Å². The van der Waals surface area contributed by atoms with Gasteiger partial charge in [0, 0.05) is 17.8 Å². The molecule has 8 heteroatoms. The Morgan fingerprint density at radius 1 is 1.33 bits per heavy atom. The van der Waals surface area contributed by atoms with Crippen molar-refractivity contribution in [3.63, 3.8) is 0 Å². The van der Waals surface area contributed by atoms with Crippen molar-refractivity contribution in [2.24, 2.45) is 11.8 Å². The zero-order chi connectivity index (χ0) is 23.2. The van der Waals surface area contributed by atoms with Crippen molar-refractivity contribution >= 4 is 28.4 Å². The predicted octanol–water partition coefficient (Wildman–Crippen LogP) is 2.83. The van der Waals surface area contributed by atoms with Crippen LogP contribution in [0.3, 0.4) is 0 Å². The number of anilines is 2. The molecule has 0 unspecified atom stereocenters. The fraction of sp³-hybridized carbons (Fsp3) is 0.400. The van der Waals surface area contributed by atoms with E-state index >= 15 is 0 Å². The number of carbonyl (C=O) groups is 1. The van der Waals surface area contributed by atoms with Crippen molar-refractivity contribution in [3.8, 4) is 0 Å². The number of hydrogen-bond acceptors (Lipinski definition) is 6. The first-order valence-corrected chi connectivity index (χ1v) is 11.4. The van der Waals surface area contributed by atoms with Crippen LogP contribution in [0.5, 0.6) is 0 Å². The fourth-order valence-corrected chi connectivity index (χ4v) is 5.04. The maximum absolute atomic E-state index is 12.1. The molecule has 0 aliphatic heterocycles. The van der Waals surface area contributed by atoms with Crippen LogP contribution >= 0.6 is 0 Å². The third-order valence-corrected chi connectivity index (χ3v) is 7.13. The zero-order valence-electron chi connectivity index (χ0n) is 18.4. The number of nitrogens with two attached hydrogens (primary N) is 1. The second kappa shape index (κ2) is 8.28. The minimum atomic E-state index is -1.49. The van der Waals surface area contributed by atoms with Crippen molar-refractivity contribution in [2.75, 3.05) is 11.1 Å². The highest BCUT2D eigenvalue weighted by Crippen LogP contribution is 2.47. The number of hydrogen-bond donors (Lipinski definition) is 4. The summed E-state index contributed by atoms with van der Waals surface area (Å²) >= 11 is 0. The number of aliphatic hydroxyl groups is 2. The first-order valence-electron chi connectivity index (χ1n) is 11.4. The minimum Gasteiger partial charge on any atom is -0.389 e. The molecule has 2 fully saturated rings. The zero-order valence-corrected chi connectivity index (χ0v) is 18.4. The Morgan fingerprint density at radius 3 is 2.91 bits per heavy atom. The van der Waals surface area contributed by atoms with Crippen LogP contribution in [0.25, 0.3) is 11.0 Å². The maximum atomic E-state index is 12.1. The van der Waals surface area contributed by atoms with Crippen LogP contribution in [0.15, 0.2) is 55.5 Å². The Hall–Kier alpha value is -3.23. The largest absolute Gasteiger partial charge is 0.389 e. The number of aryl methyl sites for hydroxylation is 1. The Kier molecular flexibility index (Phi) is 5.42. The van der Waals surface area contributed by atoms with E-state index in [4.69, 9.17) is 5.73 Å². The maximum Gasteiger partial charge on any atom is 0.227 e. The molecule has 172 valence electrons. The van der Waals surface area contributed by atoms with Crippen molar-refractivity contribution in [1.82, 2.24) is 14.5 Å². The number of nitrogens with zero attached hydrogens (tertiary/aromatic N) is 3. The predicted molar refractivity (Wildman–Crippen MR) is 126 cm³/mol. The highest BCUT2D eigenvalue weighted by Gasteiger charge is 2.52. The van der Waals surface area contributed by atoms with E-state index in [-0.39, 0.29) is 17.7 Å². The summed E-state index contributed by atoms with van der Waals surface area (Å²) in [4.78, 5) is 20.4. The van der Waals surface area contributed by atoms with Crippen LogP contribution in [0.2, 0.25) is 0 Å². The van der Waals surface area contributed by atoms with Gasteiger partial charge in [-0.05, 0) is 61.8 Å². The average Bonchev–Trinajstić information content (AvgIpc) is 3.53. The fourth-order valence-electron chi connectivity index (χ4n) is 5.04. The summed E-state index contributed by atoms with van der Waals surface area (Å²) < 4.78 is 1.87. The molecule has 2 aromatic heterocycles. The molecule has 0 radical (unpaired) electrons. The number of nitrogen functional groups attached to an aromatic ring is 1. The molecule has 0 saturated heterocycles. The Labute approximate surface area is 192 Å². The monoisotopic (exact) mass is 447 g/mol. The van der Waals surface area contributed by atoms with Crippen LogP contribution in [0, 0.1) is 11.8 Å². The second-order valence-corrected chi connectivity index (χ2v) is 9.27. The van der Waals surface area contributed by atoms with Crippen molar-refractivity contribution in [2.45, 2.75) is 49.9 Å². The van der Waals surface area contributed by atoms with Gasteiger partial charge in [0.05, 0.1) is 17.5 Å². The normalized spacial score (nSPS) is 27.0. The Morgan fingerprint density at radius 2 is 2.15 bits per heavy atom. The van der Waals surface area contributed by atoms with Gasteiger partial charge in [-0.15, -0.1) is 6.58 Å². The Bertz CT molecular complexity index is 1200. The number of rotatable bonds is 7. The molecule has 2 aliphatic carbocycles. The molecule has 2 saturated carbocycles. The number of fused-ring (bicyclic) bond motifs is 1. The van der Waals surface area contributed by atoms with Crippen LogP contribution in [0.1, 0.15) is 37.3 Å². The lowest BCUT2D eigenvalue weighted by Gasteiger charge is -2.31. The van der Waals surface area contributed by atoms with Crippen LogP contribution in [-0.4, -0.2) is 42.4 Å². The second-order valence-electron chi connectivity index (χ2n) is 9.27. The van der Waals surface area contributed by atoms with E-state index in [1.54, 1.807) is 0 Å². The van der Waals surface area contributed by atoms with E-state index in [0.717, 1.165) is 30.5 Å². The summed E-state index contributed by atoms with van der Waals surface area (Å²) in [5.41, 5.74) is 6.99. The lowest BCUT2D eigenvalue weighted by atomic mass is 9.91. The molecule has 2 aliphatic rings. The van der Waals surface area contributed by atoms with E-state index in [9.17, 15) is 15.0 Å². The summed E-state index contributed by atoms with van der Waals surface area (Å²) in [6.07, 6.45) is 7.61. The molecule has 3 aromatic rings. The molecule has 0 bridgehead atoms. The highest BCUT2D eigenvalue weighted by molar-refractivity contribution is 5.94. The van der Waals surface area contributed by atoms with E-state index in [2.05, 4.69) is 21.9 Å². The molecule has 4 atom stereocenters. The lowest BCUT2D eigenvalue weighted by molar-refractivity contribution is -0.117. The molecule has 33 heavy (non-hydrogen) atoms. The number of nitrogens with one attached hydrogen (secondary N) is 1. The van der Waals surface area contributed by atoms with E-state index in [1.165, 1.54) is 12.4 Å². The highest BCUT2D eigenvalue weighted by atomic mass is 16.3. The van der Waals surface area contributed by atoms with E-state index in [1.807, 2.05) is 41.1 Å². The van der Waals surface area contributed by atoms with Gasteiger partial charge in [0.2, 0.25) is 5.91 Å². The number of carbonyl (C=O) groups excluding carboxylic acids is 1. The Balaban J connectivity index is 1.33. The first-order chi connectivity index (χ1) is 15.9. The minimum absolute atomic E-state index is 0.0839. The third-order valence-electron chi connectivity index (χ3n) is 7.13. The molecule has 1 amide bonds. The molecular formula is C25H29N5O3. The van der Waals surface area contributed by atoms with Gasteiger partial charge in [0.15, 0.2) is 0 Å². The van der Waals surface area contributed by atoms with Gasteiger partial charge in [-0.1, -0.05) is 18.2 Å². The summed E-state index contributed by atoms with van der Waals surface area (Å²) in [5, 5.41) is 26.2. The molecule has 5 rings (SSSR count). The van der Waals surface area contributed by atoms with Crippen molar-refractivity contribution < 1.29 is 15.0 Å². The lowest BCUT2D eigenvalue weighted by Crippen LogP contribution is -2.43. The quantitative estimate of drug-likeness (QED) is 0.413. The number of aliphatic hydroxyl groups excluding tert-OH is 1. The summed E-state index contributed by atoms with van der Waals surface area (Å²) in [5.74, 6) is 0.478. The molecule has 5 N–H and O–H groups in total. The number of aromatic nitrogens is 3. The van der Waals surface area contributed by atoms with Crippen LogP contribution < -0.4 is 11.1 Å². The van der Waals surface area contributed by atoms with Gasteiger partial charge < -0.3 is 25.8 Å². The van der Waals surface area contributed by atoms with Gasteiger partial charge in [-0.3, -0.25) is 4.79 Å². The first kappa shape index (κ1) is 21.6. The summed E-state index contributed by atoms with van der Waals surface area (Å²) in [6, 6.07) is 9.23. The summed E-state index contributed by atoms with van der Waals surface area (Å²) in [6.45, 7) is 3.81. The van der Waals surface area contributed by atoms with E-state index < -0.39 is 17.7 Å².